The third-order valence-corrected chi connectivity index (χ3v) is 3.01. The van der Waals surface area contributed by atoms with Crippen LogP contribution in [-0.4, -0.2) is 33.6 Å². The van der Waals surface area contributed by atoms with Crippen LogP contribution in [0.1, 0.15) is 47.4 Å². The fraction of sp³-hybridized carbons (Fsp3) is 0.200. The number of benzene rings is 2. The van der Waals surface area contributed by atoms with Gasteiger partial charge in [0.15, 0.2) is 11.6 Å². The average molecular weight is 358 g/mol. The summed E-state index contributed by atoms with van der Waals surface area (Å²) in [5, 5.41) is 12.0. The second-order valence-corrected chi connectivity index (χ2v) is 5.34. The highest BCUT2D eigenvalue weighted by Gasteiger charge is 2.07. The topological polar surface area (TPSA) is 109 Å². The molecule has 0 aliphatic rings. The van der Waals surface area contributed by atoms with E-state index in [2.05, 4.69) is 0 Å². The van der Waals surface area contributed by atoms with Crippen LogP contribution in [0.15, 0.2) is 60.7 Å². The van der Waals surface area contributed by atoms with Gasteiger partial charge >= 0.3 is 0 Å². The average Bonchev–Trinajstić information content (AvgIpc) is 2.64. The fourth-order valence-corrected chi connectivity index (χ4v) is 1.90. The Kier molecular flexibility index (Phi) is 11.8. The predicted octanol–water partition coefficient (Wildman–Crippen LogP) is 3.71. The van der Waals surface area contributed by atoms with E-state index in [4.69, 9.17) is 10.5 Å². The summed E-state index contributed by atoms with van der Waals surface area (Å²) in [6.07, 6.45) is 0.00796. The monoisotopic (exact) mass is 358 g/mol. The fourth-order valence-electron chi connectivity index (χ4n) is 1.90. The molecule has 6 heteroatoms. The molecule has 0 atom stereocenters. The molecule has 0 aliphatic heterocycles. The number of hydrogen-bond donors (Lipinski definition) is 2. The molecule has 0 radical (unpaired) electrons. The summed E-state index contributed by atoms with van der Waals surface area (Å²) in [7, 11) is 0. The van der Waals surface area contributed by atoms with E-state index in [1.807, 2.05) is 12.1 Å². The lowest BCUT2D eigenvalue weighted by molar-refractivity contribution is -0.176. The number of carbonyl (C=O) groups is 4. The van der Waals surface area contributed by atoms with Crippen molar-refractivity contribution in [3.8, 4) is 0 Å². The molecule has 0 aliphatic carbocycles. The number of Topliss-reactive ketones (excluding diaryl/α,β-unsaturated/α-hetero) is 4. The highest BCUT2D eigenvalue weighted by atomic mass is 17.0. The zero-order valence-electron chi connectivity index (χ0n) is 14.7. The van der Waals surface area contributed by atoms with Crippen LogP contribution in [0.3, 0.4) is 0 Å². The van der Waals surface area contributed by atoms with Crippen molar-refractivity contribution in [2.24, 2.45) is 0 Å². The van der Waals surface area contributed by atoms with Crippen molar-refractivity contribution < 1.29 is 29.7 Å². The lowest BCUT2D eigenvalue weighted by Gasteiger charge is -1.95. The number of carbonyl (C=O) groups excluding carboxylic acids is 4. The molecule has 26 heavy (non-hydrogen) atoms. The standard InChI is InChI=1S/2C10H10O2.H2O2/c2*1-8(11)7-10(12)9-5-3-2-4-6-9;1-2/h2*2-6H,7H2,1H3;1-2H. The van der Waals surface area contributed by atoms with Crippen LogP contribution in [0.5, 0.6) is 0 Å². The summed E-state index contributed by atoms with van der Waals surface area (Å²) >= 11 is 0. The summed E-state index contributed by atoms with van der Waals surface area (Å²) in [6.45, 7) is 2.84. The highest BCUT2D eigenvalue weighted by Crippen LogP contribution is 2.03. The van der Waals surface area contributed by atoms with Gasteiger partial charge in [-0.25, -0.2) is 0 Å². The Balaban J connectivity index is 0.000000439. The van der Waals surface area contributed by atoms with Crippen LogP contribution in [0.2, 0.25) is 0 Å². The van der Waals surface area contributed by atoms with Crippen LogP contribution >= 0.6 is 0 Å². The lowest BCUT2D eigenvalue weighted by atomic mass is 10.1. The molecule has 2 N–H and O–H groups in total. The smallest absolute Gasteiger partial charge is 0.170 e. The van der Waals surface area contributed by atoms with Crippen LogP contribution in [0.25, 0.3) is 0 Å². The van der Waals surface area contributed by atoms with Gasteiger partial charge in [-0.2, -0.15) is 0 Å². The number of ketones is 4. The van der Waals surface area contributed by atoms with Gasteiger partial charge in [-0.1, -0.05) is 60.7 Å². The van der Waals surface area contributed by atoms with E-state index in [-0.39, 0.29) is 36.0 Å². The molecule has 0 saturated carbocycles. The predicted molar refractivity (Wildman–Crippen MR) is 97.4 cm³/mol. The Hall–Kier alpha value is -2.96. The maximum atomic E-state index is 11.2. The molecule has 0 spiro atoms. The van der Waals surface area contributed by atoms with Crippen molar-refractivity contribution in [3.63, 3.8) is 0 Å². The first-order chi connectivity index (χ1) is 12.4. The molecule has 0 aromatic heterocycles. The van der Waals surface area contributed by atoms with Gasteiger partial charge in [-0.15, -0.1) is 0 Å². The molecule has 0 unspecified atom stereocenters. The molecule has 2 rings (SSSR count). The van der Waals surface area contributed by atoms with Gasteiger partial charge in [-0.3, -0.25) is 29.7 Å². The molecular formula is C20H22O6. The normalized spacial score (nSPS) is 8.92. The Bertz CT molecular complexity index is 644. The summed E-state index contributed by atoms with van der Waals surface area (Å²) in [4.78, 5) is 43.7. The van der Waals surface area contributed by atoms with Gasteiger partial charge in [0.1, 0.15) is 11.6 Å². The van der Waals surface area contributed by atoms with Crippen molar-refractivity contribution >= 4 is 23.1 Å². The van der Waals surface area contributed by atoms with Crippen LogP contribution in [0.4, 0.5) is 0 Å². The minimum Gasteiger partial charge on any atom is -0.300 e. The SMILES string of the molecule is CC(=O)CC(=O)c1ccccc1.CC(=O)CC(=O)c1ccccc1.OO. The van der Waals surface area contributed by atoms with E-state index in [1.54, 1.807) is 48.5 Å². The molecule has 0 amide bonds. The Morgan fingerprint density at radius 3 is 1.12 bits per heavy atom. The van der Waals surface area contributed by atoms with Crippen LogP contribution in [-0.2, 0) is 9.59 Å². The Morgan fingerprint density at radius 2 is 0.885 bits per heavy atom. The first kappa shape index (κ1) is 23.0. The first-order valence-corrected chi connectivity index (χ1v) is 7.75. The van der Waals surface area contributed by atoms with Crippen molar-refractivity contribution in [3.05, 3.63) is 71.8 Å². The molecule has 0 fully saturated rings. The van der Waals surface area contributed by atoms with Gasteiger partial charge in [0.2, 0.25) is 0 Å². The van der Waals surface area contributed by atoms with Crippen molar-refractivity contribution in [1.29, 1.82) is 0 Å². The largest absolute Gasteiger partial charge is 0.300 e. The molecule has 0 bridgehead atoms. The minimum atomic E-state index is -0.108. The Labute approximate surface area is 152 Å². The summed E-state index contributed by atoms with van der Waals surface area (Å²) < 4.78 is 0. The summed E-state index contributed by atoms with van der Waals surface area (Å²) in [6, 6.07) is 17.7. The Morgan fingerprint density at radius 1 is 0.615 bits per heavy atom. The zero-order valence-corrected chi connectivity index (χ0v) is 14.7. The van der Waals surface area contributed by atoms with Crippen molar-refractivity contribution in [1.82, 2.24) is 0 Å². The second-order valence-electron chi connectivity index (χ2n) is 5.34. The summed E-state index contributed by atoms with van der Waals surface area (Å²) in [5.41, 5.74) is 1.21. The molecule has 2 aromatic rings. The van der Waals surface area contributed by atoms with E-state index < -0.39 is 0 Å². The first-order valence-electron chi connectivity index (χ1n) is 7.75. The van der Waals surface area contributed by atoms with Crippen LogP contribution < -0.4 is 0 Å². The third-order valence-electron chi connectivity index (χ3n) is 3.01. The second kappa shape index (κ2) is 13.3. The van der Waals surface area contributed by atoms with Crippen LogP contribution in [0, 0.1) is 0 Å². The van der Waals surface area contributed by atoms with Gasteiger partial charge in [0.25, 0.3) is 0 Å². The minimum absolute atomic E-state index is 0.00398. The van der Waals surface area contributed by atoms with E-state index in [0.29, 0.717) is 11.1 Å². The number of hydrogen-bond acceptors (Lipinski definition) is 6. The summed E-state index contributed by atoms with van der Waals surface area (Å²) in [5.74, 6) is -0.404. The molecule has 2 aromatic carbocycles. The van der Waals surface area contributed by atoms with Gasteiger partial charge in [0, 0.05) is 11.1 Å². The van der Waals surface area contributed by atoms with E-state index >= 15 is 0 Å². The molecule has 0 saturated heterocycles. The van der Waals surface area contributed by atoms with Crippen molar-refractivity contribution in [2.45, 2.75) is 26.7 Å². The quantitative estimate of drug-likeness (QED) is 0.353. The van der Waals surface area contributed by atoms with E-state index in [1.165, 1.54) is 13.8 Å². The molecule has 6 nitrogen and oxygen atoms in total. The van der Waals surface area contributed by atoms with Gasteiger partial charge in [-0.05, 0) is 13.8 Å². The van der Waals surface area contributed by atoms with Crippen molar-refractivity contribution in [2.75, 3.05) is 0 Å². The van der Waals surface area contributed by atoms with E-state index in [9.17, 15) is 19.2 Å². The maximum Gasteiger partial charge on any atom is 0.170 e. The van der Waals surface area contributed by atoms with E-state index in [0.717, 1.165) is 0 Å². The third kappa shape index (κ3) is 10.0. The molecular weight excluding hydrogens is 336 g/mol. The maximum absolute atomic E-state index is 11.2. The molecule has 0 heterocycles. The molecule has 138 valence electrons. The lowest BCUT2D eigenvalue weighted by Crippen LogP contribution is -2.04. The van der Waals surface area contributed by atoms with Gasteiger partial charge < -0.3 is 0 Å². The highest BCUT2D eigenvalue weighted by molar-refractivity contribution is 6.07. The zero-order chi connectivity index (χ0) is 19.9. The number of rotatable bonds is 6. The van der Waals surface area contributed by atoms with Gasteiger partial charge in [0.05, 0.1) is 12.8 Å².